The number of imide groups is 1. The average molecular weight is 369 g/mol. The van der Waals surface area contributed by atoms with Crippen molar-refractivity contribution in [3.63, 3.8) is 0 Å². The first kappa shape index (κ1) is 16.7. The zero-order chi connectivity index (χ0) is 18.6. The molecule has 1 atom stereocenters. The highest BCUT2D eigenvalue weighted by Gasteiger charge is 2.42. The molecule has 27 heavy (non-hydrogen) atoms. The van der Waals surface area contributed by atoms with E-state index < -0.39 is 6.04 Å². The van der Waals surface area contributed by atoms with E-state index in [1.807, 2.05) is 6.07 Å². The van der Waals surface area contributed by atoms with Crippen LogP contribution in [0.2, 0.25) is 0 Å². The molecule has 2 saturated heterocycles. The fourth-order valence-corrected chi connectivity index (χ4v) is 4.82. The van der Waals surface area contributed by atoms with Gasteiger partial charge in [-0.25, -0.2) is 0 Å². The lowest BCUT2D eigenvalue weighted by Crippen LogP contribution is -2.52. The fourth-order valence-electron chi connectivity index (χ4n) is 4.82. The van der Waals surface area contributed by atoms with Gasteiger partial charge in [-0.1, -0.05) is 0 Å². The maximum absolute atomic E-state index is 13.0. The number of amides is 3. The Hall–Kier alpha value is -2.41. The van der Waals surface area contributed by atoms with Gasteiger partial charge in [0, 0.05) is 18.5 Å². The molecular formula is C20H23N3O4. The standard InChI is InChI=1S/C20H23N3O4/c24-17-2-1-15(18(25)22-17)23-11-13-9-12-3-4-20(5-7-21-8-6-20)27-16(12)10-14(13)19(23)26/h9-10,15,21H,1-8,11H2,(H,22,24,25). The van der Waals surface area contributed by atoms with Crippen LogP contribution in [-0.4, -0.2) is 47.4 Å². The summed E-state index contributed by atoms with van der Waals surface area (Å²) in [7, 11) is 0. The Morgan fingerprint density at radius 1 is 1.04 bits per heavy atom. The van der Waals surface area contributed by atoms with Crippen LogP contribution < -0.4 is 15.4 Å². The topological polar surface area (TPSA) is 87.7 Å². The second kappa shape index (κ2) is 6.05. The van der Waals surface area contributed by atoms with Gasteiger partial charge in [-0.3, -0.25) is 19.7 Å². The quantitative estimate of drug-likeness (QED) is 0.718. The van der Waals surface area contributed by atoms with Crippen LogP contribution in [0.5, 0.6) is 5.75 Å². The second-order valence-electron chi connectivity index (χ2n) is 8.05. The number of carbonyl (C=O) groups excluding carboxylic acids is 3. The van der Waals surface area contributed by atoms with Crippen molar-refractivity contribution in [3.8, 4) is 5.75 Å². The molecule has 0 aliphatic carbocycles. The van der Waals surface area contributed by atoms with Crippen molar-refractivity contribution in [2.45, 2.75) is 56.7 Å². The zero-order valence-corrected chi connectivity index (χ0v) is 15.2. The summed E-state index contributed by atoms with van der Waals surface area (Å²) in [5, 5.41) is 5.72. The molecule has 1 aromatic carbocycles. The van der Waals surface area contributed by atoms with Gasteiger partial charge in [0.05, 0.1) is 0 Å². The highest BCUT2D eigenvalue weighted by molar-refractivity contribution is 6.05. The van der Waals surface area contributed by atoms with Gasteiger partial charge in [0.2, 0.25) is 11.8 Å². The van der Waals surface area contributed by atoms with Crippen LogP contribution >= 0.6 is 0 Å². The van der Waals surface area contributed by atoms with Gasteiger partial charge in [0.15, 0.2) is 0 Å². The lowest BCUT2D eigenvalue weighted by Gasteiger charge is -2.41. The molecule has 7 nitrogen and oxygen atoms in total. The highest BCUT2D eigenvalue weighted by Crippen LogP contribution is 2.41. The number of nitrogens with zero attached hydrogens (tertiary/aromatic N) is 1. The van der Waals surface area contributed by atoms with E-state index in [9.17, 15) is 14.4 Å². The van der Waals surface area contributed by atoms with Crippen molar-refractivity contribution in [1.82, 2.24) is 15.5 Å². The van der Waals surface area contributed by atoms with Crippen molar-refractivity contribution in [3.05, 3.63) is 28.8 Å². The van der Waals surface area contributed by atoms with Gasteiger partial charge in [-0.2, -0.15) is 0 Å². The minimum atomic E-state index is -0.573. The SMILES string of the molecule is O=C1CCC(N2Cc3cc4c(cc3C2=O)OC2(CCNCC2)CC4)C(=O)N1. The van der Waals surface area contributed by atoms with Crippen molar-refractivity contribution in [1.29, 1.82) is 0 Å². The molecular weight excluding hydrogens is 346 g/mol. The van der Waals surface area contributed by atoms with Crippen molar-refractivity contribution >= 4 is 17.7 Å². The van der Waals surface area contributed by atoms with Crippen LogP contribution in [0.25, 0.3) is 0 Å². The van der Waals surface area contributed by atoms with E-state index in [0.29, 0.717) is 18.5 Å². The molecule has 4 heterocycles. The molecule has 0 aromatic heterocycles. The molecule has 1 spiro atoms. The molecule has 7 heteroatoms. The summed E-state index contributed by atoms with van der Waals surface area (Å²) in [5.74, 6) is 0.0369. The molecule has 2 N–H and O–H groups in total. The summed E-state index contributed by atoms with van der Waals surface area (Å²) in [6.07, 6.45) is 4.59. The number of benzene rings is 1. The maximum Gasteiger partial charge on any atom is 0.255 e. The number of carbonyl (C=O) groups is 3. The molecule has 0 saturated carbocycles. The maximum atomic E-state index is 13.0. The first-order valence-corrected chi connectivity index (χ1v) is 9.75. The van der Waals surface area contributed by atoms with Crippen LogP contribution in [0, 0.1) is 0 Å². The number of hydrogen-bond donors (Lipinski definition) is 2. The van der Waals surface area contributed by atoms with Gasteiger partial charge in [0.1, 0.15) is 17.4 Å². The molecule has 4 aliphatic heterocycles. The molecule has 3 amide bonds. The van der Waals surface area contributed by atoms with Crippen LogP contribution in [-0.2, 0) is 22.6 Å². The Morgan fingerprint density at radius 2 is 1.85 bits per heavy atom. The molecule has 0 bridgehead atoms. The lowest BCUT2D eigenvalue weighted by atomic mass is 9.83. The Bertz CT molecular complexity index is 844. The van der Waals surface area contributed by atoms with Crippen molar-refractivity contribution in [2.75, 3.05) is 13.1 Å². The third-order valence-corrected chi connectivity index (χ3v) is 6.40. The van der Waals surface area contributed by atoms with E-state index in [0.717, 1.165) is 55.6 Å². The van der Waals surface area contributed by atoms with E-state index >= 15 is 0 Å². The normalized spacial score (nSPS) is 26.4. The zero-order valence-electron chi connectivity index (χ0n) is 15.2. The van der Waals surface area contributed by atoms with Gasteiger partial charge < -0.3 is 15.0 Å². The summed E-state index contributed by atoms with van der Waals surface area (Å²) >= 11 is 0. The summed E-state index contributed by atoms with van der Waals surface area (Å²) < 4.78 is 6.42. The largest absolute Gasteiger partial charge is 0.487 e. The van der Waals surface area contributed by atoms with E-state index in [1.165, 1.54) is 0 Å². The Morgan fingerprint density at radius 3 is 2.63 bits per heavy atom. The summed E-state index contributed by atoms with van der Waals surface area (Å²) in [4.78, 5) is 38.2. The summed E-state index contributed by atoms with van der Waals surface area (Å²) in [5.41, 5.74) is 2.62. The summed E-state index contributed by atoms with van der Waals surface area (Å²) in [6, 6.07) is 3.38. The molecule has 1 aromatic rings. The number of nitrogens with one attached hydrogen (secondary N) is 2. The predicted molar refractivity (Wildman–Crippen MR) is 96.3 cm³/mol. The Labute approximate surface area is 157 Å². The Kier molecular flexibility index (Phi) is 3.75. The van der Waals surface area contributed by atoms with E-state index in [-0.39, 0.29) is 29.7 Å². The molecule has 142 valence electrons. The molecule has 1 unspecified atom stereocenters. The molecule has 5 rings (SSSR count). The number of rotatable bonds is 1. The predicted octanol–water partition coefficient (Wildman–Crippen LogP) is 0.895. The smallest absolute Gasteiger partial charge is 0.255 e. The molecule has 4 aliphatic rings. The third-order valence-electron chi connectivity index (χ3n) is 6.40. The number of hydrogen-bond acceptors (Lipinski definition) is 5. The number of aryl methyl sites for hydroxylation is 1. The van der Waals surface area contributed by atoms with E-state index in [1.54, 1.807) is 4.90 Å². The monoisotopic (exact) mass is 369 g/mol. The molecule has 0 radical (unpaired) electrons. The van der Waals surface area contributed by atoms with E-state index in [2.05, 4.69) is 16.7 Å². The van der Waals surface area contributed by atoms with Gasteiger partial charge in [-0.15, -0.1) is 0 Å². The first-order chi connectivity index (χ1) is 13.0. The third kappa shape index (κ3) is 2.72. The summed E-state index contributed by atoms with van der Waals surface area (Å²) in [6.45, 7) is 2.34. The highest BCUT2D eigenvalue weighted by atomic mass is 16.5. The fraction of sp³-hybridized carbons (Fsp3) is 0.550. The van der Waals surface area contributed by atoms with Gasteiger partial charge in [-0.05, 0) is 68.5 Å². The average Bonchev–Trinajstić information content (AvgIpc) is 2.96. The first-order valence-electron chi connectivity index (χ1n) is 9.75. The van der Waals surface area contributed by atoms with Crippen LogP contribution in [0.15, 0.2) is 12.1 Å². The minimum Gasteiger partial charge on any atom is -0.487 e. The number of fused-ring (bicyclic) bond motifs is 2. The van der Waals surface area contributed by atoms with Crippen molar-refractivity contribution in [2.24, 2.45) is 0 Å². The van der Waals surface area contributed by atoms with Gasteiger partial charge >= 0.3 is 0 Å². The lowest BCUT2D eigenvalue weighted by molar-refractivity contribution is -0.136. The van der Waals surface area contributed by atoms with Crippen LogP contribution in [0.3, 0.4) is 0 Å². The number of piperidine rings is 2. The van der Waals surface area contributed by atoms with Crippen LogP contribution in [0.1, 0.15) is 53.6 Å². The second-order valence-corrected chi connectivity index (χ2v) is 8.05. The van der Waals surface area contributed by atoms with Gasteiger partial charge in [0.25, 0.3) is 5.91 Å². The van der Waals surface area contributed by atoms with Crippen molar-refractivity contribution < 1.29 is 19.1 Å². The van der Waals surface area contributed by atoms with E-state index in [4.69, 9.17) is 4.74 Å². The van der Waals surface area contributed by atoms with Crippen LogP contribution in [0.4, 0.5) is 0 Å². The Balaban J connectivity index is 1.41. The molecule has 2 fully saturated rings. The number of ether oxygens (including phenoxy) is 1. The minimum absolute atomic E-state index is 0.114.